The van der Waals surface area contributed by atoms with Gasteiger partial charge >= 0.3 is 5.97 Å². The van der Waals surface area contributed by atoms with Crippen LogP contribution in [0.2, 0.25) is 0 Å². The number of anilines is 2. The van der Waals surface area contributed by atoms with Gasteiger partial charge in [-0.25, -0.2) is 13.2 Å². The predicted octanol–water partition coefficient (Wildman–Crippen LogP) is 5.60. The number of nitrogens with zero attached hydrogens (tertiary/aromatic N) is 1. The lowest BCUT2D eigenvalue weighted by atomic mass is 10.2. The van der Waals surface area contributed by atoms with Gasteiger partial charge in [-0.2, -0.15) is 0 Å². The van der Waals surface area contributed by atoms with Crippen molar-refractivity contribution < 1.29 is 27.5 Å². The van der Waals surface area contributed by atoms with Crippen LogP contribution in [0, 0.1) is 0 Å². The lowest BCUT2D eigenvalue weighted by Crippen LogP contribution is -2.38. The molecule has 0 aliphatic rings. The molecule has 0 saturated heterocycles. The lowest BCUT2D eigenvalue weighted by Gasteiger charge is -2.24. The highest BCUT2D eigenvalue weighted by Crippen LogP contribution is 2.27. The maximum atomic E-state index is 13.6. The molecule has 1 N–H and O–H groups in total. The SMILES string of the molecule is CCCCOC(=O)c1ccc(NC(=O)CN(c2ccc(OCC)cc2)S(=O)(=O)c2ccc(SC)cc2)cc1. The number of benzene rings is 3. The largest absolute Gasteiger partial charge is 0.494 e. The molecule has 0 aliphatic carbocycles. The number of thioether (sulfide) groups is 1. The van der Waals surface area contributed by atoms with E-state index in [4.69, 9.17) is 9.47 Å². The van der Waals surface area contributed by atoms with E-state index in [1.165, 1.54) is 23.9 Å². The second-order valence-corrected chi connectivity index (χ2v) is 11.0. The summed E-state index contributed by atoms with van der Waals surface area (Å²) in [5.41, 5.74) is 1.11. The average Bonchev–Trinajstić information content (AvgIpc) is 2.93. The van der Waals surface area contributed by atoms with Gasteiger partial charge in [0.15, 0.2) is 0 Å². The molecular formula is C28H32N2O6S2. The Morgan fingerprint density at radius 3 is 2.16 bits per heavy atom. The number of esters is 1. The Kier molecular flexibility index (Phi) is 10.6. The van der Waals surface area contributed by atoms with Gasteiger partial charge < -0.3 is 14.8 Å². The van der Waals surface area contributed by atoms with E-state index in [2.05, 4.69) is 5.32 Å². The monoisotopic (exact) mass is 556 g/mol. The van der Waals surface area contributed by atoms with Crippen LogP contribution in [0.3, 0.4) is 0 Å². The molecule has 0 aromatic heterocycles. The van der Waals surface area contributed by atoms with E-state index in [1.807, 2.05) is 20.1 Å². The number of carbonyl (C=O) groups is 2. The molecule has 8 nitrogen and oxygen atoms in total. The minimum Gasteiger partial charge on any atom is -0.494 e. The third-order valence-electron chi connectivity index (χ3n) is 5.51. The van der Waals surface area contributed by atoms with Crippen molar-refractivity contribution in [3.8, 4) is 5.75 Å². The summed E-state index contributed by atoms with van der Waals surface area (Å²) < 4.78 is 39.0. The van der Waals surface area contributed by atoms with E-state index in [9.17, 15) is 18.0 Å². The third-order valence-corrected chi connectivity index (χ3v) is 8.04. The summed E-state index contributed by atoms with van der Waals surface area (Å²) in [6.45, 7) is 4.23. The first-order valence-electron chi connectivity index (χ1n) is 12.2. The standard InChI is InChI=1S/C28H32N2O6S2/c1-4-6-19-36-28(32)21-7-9-22(10-8-21)29-27(31)20-30(23-11-13-24(14-12-23)35-5-2)38(33,34)26-17-15-25(37-3)16-18-26/h7-18H,4-6,19-20H2,1-3H3,(H,29,31). The second-order valence-electron chi connectivity index (χ2n) is 8.23. The number of hydrogen-bond acceptors (Lipinski definition) is 7. The van der Waals surface area contributed by atoms with Gasteiger partial charge in [0, 0.05) is 10.6 Å². The van der Waals surface area contributed by atoms with E-state index in [1.54, 1.807) is 60.7 Å². The van der Waals surface area contributed by atoms with Gasteiger partial charge in [0.05, 0.1) is 29.4 Å². The van der Waals surface area contributed by atoms with Crippen LogP contribution in [-0.2, 0) is 19.6 Å². The Morgan fingerprint density at radius 1 is 0.921 bits per heavy atom. The molecule has 0 fully saturated rings. The molecule has 38 heavy (non-hydrogen) atoms. The van der Waals surface area contributed by atoms with Crippen LogP contribution < -0.4 is 14.4 Å². The van der Waals surface area contributed by atoms with Crippen molar-refractivity contribution in [2.24, 2.45) is 0 Å². The molecule has 0 atom stereocenters. The zero-order chi connectivity index (χ0) is 27.5. The molecule has 202 valence electrons. The highest BCUT2D eigenvalue weighted by molar-refractivity contribution is 7.98. The molecule has 0 aliphatic heterocycles. The smallest absolute Gasteiger partial charge is 0.338 e. The Bertz CT molecular complexity index is 1310. The molecule has 3 aromatic carbocycles. The number of unbranched alkanes of at least 4 members (excludes halogenated alkanes) is 1. The van der Waals surface area contributed by atoms with Crippen molar-refractivity contribution in [2.45, 2.75) is 36.5 Å². The zero-order valence-corrected chi connectivity index (χ0v) is 23.3. The molecule has 0 heterocycles. The van der Waals surface area contributed by atoms with Gasteiger partial charge in [0.1, 0.15) is 12.3 Å². The van der Waals surface area contributed by atoms with E-state index >= 15 is 0 Å². The van der Waals surface area contributed by atoms with Crippen LogP contribution in [0.5, 0.6) is 5.75 Å². The Labute approximate surface area is 228 Å². The minimum atomic E-state index is -4.06. The number of hydrogen-bond donors (Lipinski definition) is 1. The average molecular weight is 557 g/mol. The summed E-state index contributed by atoms with van der Waals surface area (Å²) >= 11 is 1.50. The first-order chi connectivity index (χ1) is 18.3. The van der Waals surface area contributed by atoms with E-state index < -0.39 is 28.4 Å². The van der Waals surface area contributed by atoms with E-state index in [0.717, 1.165) is 22.0 Å². The summed E-state index contributed by atoms with van der Waals surface area (Å²) in [4.78, 5) is 26.1. The van der Waals surface area contributed by atoms with Gasteiger partial charge in [-0.3, -0.25) is 9.10 Å². The summed E-state index contributed by atoms with van der Waals surface area (Å²) in [7, 11) is -4.06. The van der Waals surface area contributed by atoms with Crippen molar-refractivity contribution in [1.29, 1.82) is 0 Å². The fraction of sp³-hybridized carbons (Fsp3) is 0.286. The lowest BCUT2D eigenvalue weighted by molar-refractivity contribution is -0.114. The van der Waals surface area contributed by atoms with Gasteiger partial charge in [0.2, 0.25) is 5.91 Å². The fourth-order valence-corrected chi connectivity index (χ4v) is 5.31. The quantitative estimate of drug-likeness (QED) is 0.166. The number of sulfonamides is 1. The van der Waals surface area contributed by atoms with Crippen LogP contribution in [0.15, 0.2) is 82.6 Å². The van der Waals surface area contributed by atoms with Crippen LogP contribution >= 0.6 is 11.8 Å². The van der Waals surface area contributed by atoms with E-state index in [0.29, 0.717) is 35.9 Å². The maximum Gasteiger partial charge on any atom is 0.338 e. The summed E-state index contributed by atoms with van der Waals surface area (Å²) in [6, 6.07) is 19.3. The van der Waals surface area contributed by atoms with Gasteiger partial charge in [-0.05, 0) is 92.4 Å². The zero-order valence-electron chi connectivity index (χ0n) is 21.7. The summed E-state index contributed by atoms with van der Waals surface area (Å²) in [5.74, 6) is -0.381. The van der Waals surface area contributed by atoms with E-state index in [-0.39, 0.29) is 4.90 Å². The van der Waals surface area contributed by atoms with Gasteiger partial charge in [0.25, 0.3) is 10.0 Å². The topological polar surface area (TPSA) is 102 Å². The normalized spacial score (nSPS) is 11.0. The molecular weight excluding hydrogens is 524 g/mol. The molecule has 0 spiro atoms. The molecule has 10 heteroatoms. The van der Waals surface area contributed by atoms with Crippen molar-refractivity contribution >= 4 is 45.0 Å². The minimum absolute atomic E-state index is 0.0722. The molecule has 0 radical (unpaired) electrons. The highest BCUT2D eigenvalue weighted by atomic mass is 32.2. The molecule has 0 unspecified atom stereocenters. The number of amides is 1. The third kappa shape index (κ3) is 7.75. The number of rotatable bonds is 13. The molecule has 0 saturated carbocycles. The fourth-order valence-electron chi connectivity index (χ4n) is 3.48. The van der Waals surface area contributed by atoms with Crippen LogP contribution in [0.4, 0.5) is 11.4 Å². The molecule has 3 aromatic rings. The first-order valence-corrected chi connectivity index (χ1v) is 14.9. The number of carbonyl (C=O) groups excluding carboxylic acids is 2. The van der Waals surface area contributed by atoms with Crippen LogP contribution in [-0.4, -0.2) is 46.3 Å². The van der Waals surface area contributed by atoms with Crippen molar-refractivity contribution in [1.82, 2.24) is 0 Å². The Hall–Kier alpha value is -3.50. The number of ether oxygens (including phenoxy) is 2. The molecule has 0 bridgehead atoms. The molecule has 3 rings (SSSR count). The highest BCUT2D eigenvalue weighted by Gasteiger charge is 2.27. The first kappa shape index (κ1) is 29.1. The Balaban J connectivity index is 1.80. The van der Waals surface area contributed by atoms with Gasteiger partial charge in [-0.1, -0.05) is 13.3 Å². The van der Waals surface area contributed by atoms with Crippen LogP contribution in [0.1, 0.15) is 37.0 Å². The summed E-state index contributed by atoms with van der Waals surface area (Å²) in [6.07, 6.45) is 3.61. The van der Waals surface area contributed by atoms with Crippen molar-refractivity contribution in [3.05, 3.63) is 78.4 Å². The number of nitrogens with one attached hydrogen (secondary N) is 1. The van der Waals surface area contributed by atoms with Gasteiger partial charge in [-0.15, -0.1) is 11.8 Å². The Morgan fingerprint density at radius 2 is 1.58 bits per heavy atom. The van der Waals surface area contributed by atoms with Crippen molar-refractivity contribution in [2.75, 3.05) is 35.6 Å². The second kappa shape index (κ2) is 13.9. The van der Waals surface area contributed by atoms with Crippen LogP contribution in [0.25, 0.3) is 0 Å². The predicted molar refractivity (Wildman–Crippen MR) is 151 cm³/mol. The maximum absolute atomic E-state index is 13.6. The molecule has 1 amide bonds. The van der Waals surface area contributed by atoms with Crippen molar-refractivity contribution in [3.63, 3.8) is 0 Å². The summed E-state index contributed by atoms with van der Waals surface area (Å²) in [5, 5.41) is 2.71.